The van der Waals surface area contributed by atoms with Crippen molar-refractivity contribution < 1.29 is 19.4 Å². The standard InChI is InChI=1S/C19H11BrI3NO4S/c1-28-16-12(22)6-11(21)14(15(16)23)17(25)24-18-13(19(26)27)10(7-29-18)8-3-2-4-9(20)5-8/h2-7H,1H3,(H,24,25)(H,26,27). The third kappa shape index (κ3) is 4.91. The molecule has 150 valence electrons. The second-order valence-electron chi connectivity index (χ2n) is 5.69. The lowest BCUT2D eigenvalue weighted by atomic mass is 10.0. The maximum absolute atomic E-state index is 13.0. The van der Waals surface area contributed by atoms with Crippen molar-refractivity contribution in [1.82, 2.24) is 0 Å². The molecule has 0 saturated heterocycles. The molecule has 1 amide bonds. The Morgan fingerprint density at radius 3 is 2.48 bits per heavy atom. The largest absolute Gasteiger partial charge is 0.495 e. The average molecular weight is 810 g/mol. The van der Waals surface area contributed by atoms with E-state index in [2.05, 4.69) is 89.0 Å². The van der Waals surface area contributed by atoms with Gasteiger partial charge in [-0.15, -0.1) is 11.3 Å². The van der Waals surface area contributed by atoms with Crippen LogP contribution >= 0.6 is 95.0 Å². The van der Waals surface area contributed by atoms with E-state index < -0.39 is 5.97 Å². The summed E-state index contributed by atoms with van der Waals surface area (Å²) in [6.45, 7) is 0. The number of aromatic carboxylic acids is 1. The fraction of sp³-hybridized carbons (Fsp3) is 0.0526. The van der Waals surface area contributed by atoms with E-state index in [0.717, 1.165) is 17.2 Å². The molecule has 0 atom stereocenters. The predicted octanol–water partition coefficient (Wildman–Crippen LogP) is 6.95. The molecule has 10 heteroatoms. The van der Waals surface area contributed by atoms with Crippen LogP contribution in [0.5, 0.6) is 5.75 Å². The van der Waals surface area contributed by atoms with Crippen LogP contribution in [0.25, 0.3) is 11.1 Å². The molecule has 0 fully saturated rings. The van der Waals surface area contributed by atoms with Crippen LogP contribution in [-0.2, 0) is 0 Å². The molecule has 1 aromatic heterocycles. The average Bonchev–Trinajstić information content (AvgIpc) is 3.05. The smallest absolute Gasteiger partial charge is 0.339 e. The highest BCUT2D eigenvalue weighted by atomic mass is 127. The lowest BCUT2D eigenvalue weighted by Crippen LogP contribution is -2.17. The minimum Gasteiger partial charge on any atom is -0.495 e. The number of amides is 1. The van der Waals surface area contributed by atoms with Gasteiger partial charge in [-0.05, 0) is 91.5 Å². The zero-order chi connectivity index (χ0) is 21.3. The fourth-order valence-corrected chi connectivity index (χ4v) is 8.32. The number of thiophene rings is 1. The maximum Gasteiger partial charge on any atom is 0.339 e. The van der Waals surface area contributed by atoms with Crippen molar-refractivity contribution in [2.24, 2.45) is 0 Å². The molecular weight excluding hydrogens is 799 g/mol. The molecule has 1 heterocycles. The maximum atomic E-state index is 13.0. The predicted molar refractivity (Wildman–Crippen MR) is 144 cm³/mol. The summed E-state index contributed by atoms with van der Waals surface area (Å²) >= 11 is 10.9. The van der Waals surface area contributed by atoms with E-state index in [0.29, 0.717) is 25.4 Å². The van der Waals surface area contributed by atoms with Crippen LogP contribution in [0.2, 0.25) is 0 Å². The van der Waals surface area contributed by atoms with E-state index in [1.165, 1.54) is 11.3 Å². The van der Waals surface area contributed by atoms with Crippen molar-refractivity contribution >= 4 is 112 Å². The molecule has 0 aliphatic rings. The Kier molecular flexibility index (Phi) is 7.83. The summed E-state index contributed by atoms with van der Waals surface area (Å²) in [7, 11) is 1.56. The second kappa shape index (κ2) is 9.78. The summed E-state index contributed by atoms with van der Waals surface area (Å²) in [5.74, 6) is -0.851. The topological polar surface area (TPSA) is 75.6 Å². The van der Waals surface area contributed by atoms with E-state index in [4.69, 9.17) is 4.74 Å². The molecule has 0 saturated carbocycles. The molecule has 3 rings (SSSR count). The Labute approximate surface area is 220 Å². The third-order valence-corrected chi connectivity index (χ3v) is 8.00. The van der Waals surface area contributed by atoms with Crippen molar-refractivity contribution in [1.29, 1.82) is 0 Å². The molecule has 0 aliphatic heterocycles. The summed E-state index contributed by atoms with van der Waals surface area (Å²) in [6, 6.07) is 9.24. The number of halogens is 4. The van der Waals surface area contributed by atoms with Crippen molar-refractivity contribution in [3.63, 3.8) is 0 Å². The van der Waals surface area contributed by atoms with Gasteiger partial charge in [0.25, 0.3) is 5.91 Å². The van der Waals surface area contributed by atoms with E-state index in [9.17, 15) is 14.7 Å². The molecular formula is C19H11BrI3NO4S. The molecule has 3 aromatic rings. The van der Waals surface area contributed by atoms with Crippen LogP contribution < -0.4 is 10.1 Å². The molecule has 5 nitrogen and oxygen atoms in total. The molecule has 2 N–H and O–H groups in total. The van der Waals surface area contributed by atoms with Gasteiger partial charge in [-0.25, -0.2) is 4.79 Å². The van der Waals surface area contributed by atoms with Crippen LogP contribution in [-0.4, -0.2) is 24.1 Å². The monoisotopic (exact) mass is 809 g/mol. The van der Waals surface area contributed by atoms with Crippen molar-refractivity contribution in [2.45, 2.75) is 0 Å². The molecule has 0 bridgehead atoms. The first-order chi connectivity index (χ1) is 13.7. The van der Waals surface area contributed by atoms with Gasteiger partial charge in [0.1, 0.15) is 16.3 Å². The highest BCUT2D eigenvalue weighted by Crippen LogP contribution is 2.38. The minimum atomic E-state index is -1.10. The first kappa shape index (κ1) is 23.2. The number of nitrogens with one attached hydrogen (secondary N) is 1. The number of hydrogen-bond donors (Lipinski definition) is 2. The molecule has 29 heavy (non-hydrogen) atoms. The van der Waals surface area contributed by atoms with E-state index >= 15 is 0 Å². The zero-order valence-corrected chi connectivity index (χ0v) is 23.4. The SMILES string of the molecule is COc1c(I)cc(I)c(C(=O)Nc2scc(-c3cccc(Br)c3)c2C(=O)O)c1I. The lowest BCUT2D eigenvalue weighted by molar-refractivity contribution is 0.0699. The number of rotatable bonds is 5. The van der Waals surface area contributed by atoms with E-state index in [1.54, 1.807) is 12.5 Å². The summed E-state index contributed by atoms with van der Waals surface area (Å²) in [6.07, 6.45) is 0. The fourth-order valence-electron chi connectivity index (χ4n) is 2.66. The molecule has 0 unspecified atom stereocenters. The van der Waals surface area contributed by atoms with E-state index in [1.807, 2.05) is 30.3 Å². The number of carboxylic acids is 1. The number of anilines is 1. The van der Waals surface area contributed by atoms with Gasteiger partial charge in [0, 0.05) is 19.0 Å². The van der Waals surface area contributed by atoms with Crippen LogP contribution in [0, 0.1) is 10.7 Å². The van der Waals surface area contributed by atoms with Crippen LogP contribution in [0.3, 0.4) is 0 Å². The van der Waals surface area contributed by atoms with Gasteiger partial charge in [0.15, 0.2) is 0 Å². The van der Waals surface area contributed by atoms with Crippen molar-refractivity contribution in [3.8, 4) is 16.9 Å². The summed E-state index contributed by atoms with van der Waals surface area (Å²) in [5, 5.41) is 14.6. The molecule has 0 spiro atoms. The van der Waals surface area contributed by atoms with Crippen LogP contribution in [0.1, 0.15) is 20.7 Å². The molecule has 2 aromatic carbocycles. The van der Waals surface area contributed by atoms with Gasteiger partial charge in [-0.2, -0.15) is 0 Å². The number of methoxy groups -OCH3 is 1. The first-order valence-electron chi connectivity index (χ1n) is 7.88. The number of carbonyl (C=O) groups is 2. The highest BCUT2D eigenvalue weighted by Gasteiger charge is 2.25. The number of benzene rings is 2. The Morgan fingerprint density at radius 2 is 1.86 bits per heavy atom. The normalized spacial score (nSPS) is 10.7. The van der Waals surface area contributed by atoms with Crippen LogP contribution in [0.15, 0.2) is 40.2 Å². The number of carbonyl (C=O) groups excluding carboxylic acids is 1. The number of hydrogen-bond acceptors (Lipinski definition) is 4. The Balaban J connectivity index is 2.04. The van der Waals surface area contributed by atoms with Gasteiger partial charge < -0.3 is 15.2 Å². The highest BCUT2D eigenvalue weighted by molar-refractivity contribution is 14.1. The summed E-state index contributed by atoms with van der Waals surface area (Å²) in [5.41, 5.74) is 1.85. The van der Waals surface area contributed by atoms with Gasteiger partial charge >= 0.3 is 5.97 Å². The summed E-state index contributed by atoms with van der Waals surface area (Å²) < 4.78 is 8.60. The molecule has 0 aliphatic carbocycles. The second-order valence-corrected chi connectivity index (χ2v) is 10.9. The Morgan fingerprint density at radius 1 is 1.14 bits per heavy atom. The Bertz CT molecular complexity index is 1130. The quantitative estimate of drug-likeness (QED) is 0.274. The number of ether oxygens (including phenoxy) is 1. The van der Waals surface area contributed by atoms with E-state index in [-0.39, 0.29) is 11.5 Å². The van der Waals surface area contributed by atoms with Gasteiger partial charge in [0.05, 0.1) is 19.8 Å². The number of carboxylic acid groups (broad SMARTS) is 1. The van der Waals surface area contributed by atoms with Gasteiger partial charge in [0.2, 0.25) is 0 Å². The Hall–Kier alpha value is -0.450. The lowest BCUT2D eigenvalue weighted by Gasteiger charge is -2.13. The summed E-state index contributed by atoms with van der Waals surface area (Å²) in [4.78, 5) is 25.0. The minimum absolute atomic E-state index is 0.0731. The van der Waals surface area contributed by atoms with Gasteiger partial charge in [-0.3, -0.25) is 4.79 Å². The zero-order valence-electron chi connectivity index (χ0n) is 14.6. The van der Waals surface area contributed by atoms with Gasteiger partial charge in [-0.1, -0.05) is 28.1 Å². The van der Waals surface area contributed by atoms with Crippen molar-refractivity contribution in [2.75, 3.05) is 12.4 Å². The third-order valence-electron chi connectivity index (χ3n) is 3.93. The first-order valence-corrected chi connectivity index (χ1v) is 12.8. The molecule has 0 radical (unpaired) electrons. The van der Waals surface area contributed by atoms with Crippen LogP contribution in [0.4, 0.5) is 5.00 Å². The van der Waals surface area contributed by atoms with Crippen molar-refractivity contribution in [3.05, 3.63) is 62.0 Å².